The van der Waals surface area contributed by atoms with Crippen LogP contribution < -0.4 is 5.32 Å². The molecule has 2 heterocycles. The lowest BCUT2D eigenvalue weighted by Crippen LogP contribution is -2.12. The third-order valence-corrected chi connectivity index (χ3v) is 2.58. The molecule has 1 amide bonds. The van der Waals surface area contributed by atoms with E-state index < -0.39 is 0 Å². The smallest absolute Gasteiger partial charge is 0.251 e. The summed E-state index contributed by atoms with van der Waals surface area (Å²) in [6.07, 6.45) is 5.29. The van der Waals surface area contributed by atoms with Crippen molar-refractivity contribution in [2.45, 2.75) is 6.54 Å². The highest BCUT2D eigenvalue weighted by molar-refractivity contribution is 5.98. The quantitative estimate of drug-likeness (QED) is 0.748. The van der Waals surface area contributed by atoms with Crippen LogP contribution in [-0.2, 0) is 6.54 Å². The van der Waals surface area contributed by atoms with E-state index in [1.807, 2.05) is 29.0 Å². The van der Waals surface area contributed by atoms with Crippen molar-refractivity contribution in [2.75, 3.05) is 0 Å². The van der Waals surface area contributed by atoms with E-state index in [1.54, 1.807) is 12.5 Å². The monoisotopic (exact) mass is 199 g/mol. The van der Waals surface area contributed by atoms with Crippen molar-refractivity contribution in [3.63, 3.8) is 0 Å². The molecule has 1 aliphatic heterocycles. The van der Waals surface area contributed by atoms with Gasteiger partial charge in [0.1, 0.15) is 0 Å². The van der Waals surface area contributed by atoms with Crippen molar-refractivity contribution in [3.05, 3.63) is 48.0 Å². The normalized spacial score (nSPS) is 13.7. The molecule has 15 heavy (non-hydrogen) atoms. The maximum atomic E-state index is 11.5. The van der Waals surface area contributed by atoms with Gasteiger partial charge in [-0.25, -0.2) is 4.98 Å². The number of aromatic nitrogens is 2. The van der Waals surface area contributed by atoms with Gasteiger partial charge >= 0.3 is 0 Å². The summed E-state index contributed by atoms with van der Waals surface area (Å²) < 4.78 is 1.88. The second-order valence-corrected chi connectivity index (χ2v) is 3.49. The van der Waals surface area contributed by atoms with Crippen LogP contribution >= 0.6 is 0 Å². The summed E-state index contributed by atoms with van der Waals surface area (Å²) in [5.74, 6) is 0.00645. The number of nitrogens with zero attached hydrogens (tertiary/aromatic N) is 2. The summed E-state index contributed by atoms with van der Waals surface area (Å²) in [6.45, 7) is 0.637. The minimum absolute atomic E-state index is 0.00645. The fourth-order valence-electron chi connectivity index (χ4n) is 1.77. The highest BCUT2D eigenvalue weighted by Gasteiger charge is 2.18. The second kappa shape index (κ2) is 2.95. The third-order valence-electron chi connectivity index (χ3n) is 2.58. The SMILES string of the molecule is O=C1NCc2ccc(-n3ccnc3)cc21. The topological polar surface area (TPSA) is 46.9 Å². The lowest BCUT2D eigenvalue weighted by atomic mass is 10.1. The van der Waals surface area contributed by atoms with E-state index in [1.165, 1.54) is 0 Å². The van der Waals surface area contributed by atoms with Crippen molar-refractivity contribution in [1.29, 1.82) is 0 Å². The Morgan fingerprint density at radius 3 is 3.13 bits per heavy atom. The van der Waals surface area contributed by atoms with Crippen LogP contribution in [0.1, 0.15) is 15.9 Å². The molecule has 1 aromatic heterocycles. The number of hydrogen-bond donors (Lipinski definition) is 1. The molecule has 74 valence electrons. The van der Waals surface area contributed by atoms with Crippen LogP contribution in [0.4, 0.5) is 0 Å². The molecule has 0 radical (unpaired) electrons. The number of rotatable bonds is 1. The van der Waals surface area contributed by atoms with E-state index in [2.05, 4.69) is 10.3 Å². The number of nitrogens with one attached hydrogen (secondary N) is 1. The Kier molecular flexibility index (Phi) is 1.62. The first-order chi connectivity index (χ1) is 7.34. The number of amides is 1. The highest BCUT2D eigenvalue weighted by atomic mass is 16.1. The Hall–Kier alpha value is -2.10. The first-order valence-electron chi connectivity index (χ1n) is 4.74. The molecule has 0 unspecified atom stereocenters. The number of carbonyl (C=O) groups excluding carboxylic acids is 1. The summed E-state index contributed by atoms with van der Waals surface area (Å²) in [7, 11) is 0. The van der Waals surface area contributed by atoms with Gasteiger partial charge in [0.05, 0.1) is 6.33 Å². The average molecular weight is 199 g/mol. The van der Waals surface area contributed by atoms with Gasteiger partial charge in [0.25, 0.3) is 5.91 Å². The lowest BCUT2D eigenvalue weighted by Gasteiger charge is -2.03. The van der Waals surface area contributed by atoms with Crippen LogP contribution in [0.2, 0.25) is 0 Å². The Morgan fingerprint density at radius 2 is 2.33 bits per heavy atom. The van der Waals surface area contributed by atoms with Gasteiger partial charge in [-0.1, -0.05) is 6.07 Å². The first kappa shape index (κ1) is 8.23. The minimum Gasteiger partial charge on any atom is -0.348 e. The average Bonchev–Trinajstić information content (AvgIpc) is 2.88. The second-order valence-electron chi connectivity index (χ2n) is 3.49. The fourth-order valence-corrected chi connectivity index (χ4v) is 1.77. The summed E-state index contributed by atoms with van der Waals surface area (Å²) in [6, 6.07) is 5.85. The molecule has 0 saturated heterocycles. The zero-order valence-electron chi connectivity index (χ0n) is 7.97. The largest absolute Gasteiger partial charge is 0.348 e. The summed E-state index contributed by atoms with van der Waals surface area (Å²) in [4.78, 5) is 15.4. The Balaban J connectivity index is 2.13. The molecule has 2 aromatic rings. The van der Waals surface area contributed by atoms with Gasteiger partial charge in [-0.3, -0.25) is 4.79 Å². The summed E-state index contributed by atoms with van der Waals surface area (Å²) in [5, 5.41) is 2.79. The molecule has 0 atom stereocenters. The summed E-state index contributed by atoms with van der Waals surface area (Å²) in [5.41, 5.74) is 2.79. The van der Waals surface area contributed by atoms with Gasteiger partial charge in [-0.2, -0.15) is 0 Å². The van der Waals surface area contributed by atoms with Crippen LogP contribution in [0.3, 0.4) is 0 Å². The number of carbonyl (C=O) groups is 1. The van der Waals surface area contributed by atoms with Crippen LogP contribution in [0, 0.1) is 0 Å². The van der Waals surface area contributed by atoms with E-state index in [-0.39, 0.29) is 5.91 Å². The van der Waals surface area contributed by atoms with Crippen molar-refractivity contribution in [1.82, 2.24) is 14.9 Å². The summed E-state index contributed by atoms with van der Waals surface area (Å²) >= 11 is 0. The van der Waals surface area contributed by atoms with Gasteiger partial charge in [0.2, 0.25) is 0 Å². The first-order valence-corrected chi connectivity index (χ1v) is 4.74. The fraction of sp³-hybridized carbons (Fsp3) is 0.0909. The van der Waals surface area contributed by atoms with Crippen molar-refractivity contribution in [2.24, 2.45) is 0 Å². The predicted octanol–water partition coefficient (Wildman–Crippen LogP) is 1.12. The van der Waals surface area contributed by atoms with Gasteiger partial charge in [-0.05, 0) is 17.7 Å². The number of imidazole rings is 1. The zero-order valence-corrected chi connectivity index (χ0v) is 7.97. The molecular weight excluding hydrogens is 190 g/mol. The zero-order chi connectivity index (χ0) is 10.3. The van der Waals surface area contributed by atoms with Gasteiger partial charge < -0.3 is 9.88 Å². The maximum absolute atomic E-state index is 11.5. The van der Waals surface area contributed by atoms with Crippen LogP contribution in [0.5, 0.6) is 0 Å². The molecule has 0 saturated carbocycles. The van der Waals surface area contributed by atoms with Gasteiger partial charge in [0, 0.05) is 30.2 Å². The standard InChI is InChI=1S/C11H9N3O/c15-11-10-5-9(14-4-3-12-7-14)2-1-8(10)6-13-11/h1-5,7H,6H2,(H,13,15). The molecule has 1 aliphatic rings. The van der Waals surface area contributed by atoms with Crippen molar-refractivity contribution in [3.8, 4) is 5.69 Å². The van der Waals surface area contributed by atoms with Crippen molar-refractivity contribution >= 4 is 5.91 Å². The predicted molar refractivity (Wildman–Crippen MR) is 54.7 cm³/mol. The number of hydrogen-bond acceptors (Lipinski definition) is 2. The number of benzene rings is 1. The molecule has 1 aromatic carbocycles. The van der Waals surface area contributed by atoms with Crippen LogP contribution in [0.15, 0.2) is 36.9 Å². The molecule has 0 spiro atoms. The molecule has 0 bridgehead atoms. The maximum Gasteiger partial charge on any atom is 0.251 e. The molecule has 4 heteroatoms. The Morgan fingerprint density at radius 1 is 1.40 bits per heavy atom. The lowest BCUT2D eigenvalue weighted by molar-refractivity contribution is 0.0965. The van der Waals surface area contributed by atoms with Crippen LogP contribution in [0.25, 0.3) is 5.69 Å². The minimum atomic E-state index is 0.00645. The molecule has 1 N–H and O–H groups in total. The van der Waals surface area contributed by atoms with E-state index in [4.69, 9.17) is 0 Å². The molecule has 0 aliphatic carbocycles. The van der Waals surface area contributed by atoms with E-state index in [0.29, 0.717) is 6.54 Å². The molecule has 4 nitrogen and oxygen atoms in total. The van der Waals surface area contributed by atoms with E-state index in [9.17, 15) is 4.79 Å². The molecular formula is C11H9N3O. The Labute approximate surface area is 86.6 Å². The van der Waals surface area contributed by atoms with E-state index in [0.717, 1.165) is 16.8 Å². The van der Waals surface area contributed by atoms with Gasteiger partial charge in [0.15, 0.2) is 0 Å². The van der Waals surface area contributed by atoms with Crippen LogP contribution in [-0.4, -0.2) is 15.5 Å². The molecule has 0 fully saturated rings. The third kappa shape index (κ3) is 1.22. The molecule has 3 rings (SSSR count). The Bertz CT molecular complexity index is 517. The van der Waals surface area contributed by atoms with E-state index >= 15 is 0 Å². The number of fused-ring (bicyclic) bond motifs is 1. The van der Waals surface area contributed by atoms with Gasteiger partial charge in [-0.15, -0.1) is 0 Å². The highest BCUT2D eigenvalue weighted by Crippen LogP contribution is 2.19. The van der Waals surface area contributed by atoms with Crippen molar-refractivity contribution < 1.29 is 4.79 Å².